The standard InChI is InChI=1S/C49H93O10P/c1-3-5-7-9-11-13-15-17-19-21-23-25-27-29-31-33-35-37-39-41-49(53)59-47(45-58-60(54,55)57-43-46(51)42-50)44-56-48(52)40-38-36-34-32-30-28-26-24-22-20-18-16-14-12-10-8-6-4-2/h17,19-20,22,46-47,50-51H,3-16,18,21,23-45H2,1-2H3,(H,54,55)/b19-17-,22-20-. The average molecular weight is 873 g/mol. The predicted molar refractivity (Wildman–Crippen MR) is 247 cm³/mol. The van der Waals surface area contributed by atoms with E-state index in [1.165, 1.54) is 154 Å². The zero-order valence-corrected chi connectivity index (χ0v) is 39.6. The molecule has 0 aromatic heterocycles. The molecule has 354 valence electrons. The highest BCUT2D eigenvalue weighted by atomic mass is 31.2. The van der Waals surface area contributed by atoms with Crippen LogP contribution in [0.2, 0.25) is 0 Å². The van der Waals surface area contributed by atoms with E-state index in [1.807, 2.05) is 0 Å². The Bertz CT molecular complexity index is 1050. The number of hydrogen-bond donors (Lipinski definition) is 3. The van der Waals surface area contributed by atoms with Gasteiger partial charge in [-0.25, -0.2) is 4.57 Å². The first-order chi connectivity index (χ1) is 29.2. The van der Waals surface area contributed by atoms with Crippen molar-refractivity contribution in [2.24, 2.45) is 0 Å². The number of unbranched alkanes of at least 4 members (excludes halogenated alkanes) is 29. The summed E-state index contributed by atoms with van der Waals surface area (Å²) in [7, 11) is -4.62. The number of carbonyl (C=O) groups excluding carboxylic acids is 2. The Hall–Kier alpha value is -1.55. The molecule has 0 aliphatic heterocycles. The fourth-order valence-corrected chi connectivity index (χ4v) is 7.77. The molecule has 10 nitrogen and oxygen atoms in total. The van der Waals surface area contributed by atoms with Crippen molar-refractivity contribution in [3.05, 3.63) is 24.3 Å². The molecule has 0 radical (unpaired) electrons. The fraction of sp³-hybridized carbons (Fsp3) is 0.878. The van der Waals surface area contributed by atoms with E-state index < -0.39 is 51.8 Å². The van der Waals surface area contributed by atoms with Gasteiger partial charge in [-0.3, -0.25) is 18.6 Å². The summed E-state index contributed by atoms with van der Waals surface area (Å²) >= 11 is 0. The van der Waals surface area contributed by atoms with Gasteiger partial charge in [0.05, 0.1) is 19.8 Å². The van der Waals surface area contributed by atoms with Crippen molar-refractivity contribution >= 4 is 19.8 Å². The molecule has 0 heterocycles. The summed E-state index contributed by atoms with van der Waals surface area (Å²) in [6.45, 7) is 2.41. The quantitative estimate of drug-likeness (QED) is 0.0233. The molecule has 60 heavy (non-hydrogen) atoms. The third-order valence-corrected chi connectivity index (χ3v) is 11.8. The lowest BCUT2D eigenvalue weighted by Crippen LogP contribution is -2.29. The Kier molecular flexibility index (Phi) is 44.3. The highest BCUT2D eigenvalue weighted by Crippen LogP contribution is 2.43. The maximum atomic E-state index is 12.7. The highest BCUT2D eigenvalue weighted by Gasteiger charge is 2.27. The number of aliphatic hydroxyl groups excluding tert-OH is 2. The van der Waals surface area contributed by atoms with Gasteiger partial charge < -0.3 is 24.6 Å². The van der Waals surface area contributed by atoms with Crippen LogP contribution < -0.4 is 0 Å². The molecule has 0 fully saturated rings. The molecule has 0 spiro atoms. The molecule has 3 atom stereocenters. The third kappa shape index (κ3) is 44.5. The number of aliphatic hydroxyl groups is 2. The van der Waals surface area contributed by atoms with Crippen LogP contribution in [0.4, 0.5) is 0 Å². The predicted octanol–water partition coefficient (Wildman–Crippen LogP) is 13.7. The molecule has 0 aliphatic rings. The number of phosphoric ester groups is 1. The van der Waals surface area contributed by atoms with Crippen LogP contribution in [-0.4, -0.2) is 65.7 Å². The van der Waals surface area contributed by atoms with E-state index in [2.05, 4.69) is 38.2 Å². The second kappa shape index (κ2) is 45.5. The van der Waals surface area contributed by atoms with Crippen molar-refractivity contribution in [3.63, 3.8) is 0 Å². The van der Waals surface area contributed by atoms with Crippen molar-refractivity contribution in [1.82, 2.24) is 0 Å². The van der Waals surface area contributed by atoms with Crippen LogP contribution in [0.1, 0.15) is 239 Å². The SMILES string of the molecule is CCCCCCCC/C=C\CCCCCCCCCCCC(=O)OC(COC(=O)CCCCCCCCC/C=C\CCCCCCCCC)COP(=O)(O)OCC(O)CO. The average Bonchev–Trinajstić information content (AvgIpc) is 3.24. The van der Waals surface area contributed by atoms with E-state index in [4.69, 9.17) is 23.6 Å². The van der Waals surface area contributed by atoms with Gasteiger partial charge in [0.2, 0.25) is 0 Å². The van der Waals surface area contributed by atoms with Gasteiger partial charge >= 0.3 is 19.8 Å². The van der Waals surface area contributed by atoms with Crippen LogP contribution in [0, 0.1) is 0 Å². The summed E-state index contributed by atoms with van der Waals surface area (Å²) in [4.78, 5) is 35.1. The maximum absolute atomic E-state index is 12.7. The maximum Gasteiger partial charge on any atom is 0.472 e. The molecule has 0 saturated carbocycles. The van der Waals surface area contributed by atoms with Crippen LogP contribution >= 0.6 is 7.82 Å². The van der Waals surface area contributed by atoms with Crippen LogP contribution in [0.5, 0.6) is 0 Å². The summed E-state index contributed by atoms with van der Waals surface area (Å²) < 4.78 is 32.8. The minimum absolute atomic E-state index is 0.183. The zero-order valence-electron chi connectivity index (χ0n) is 38.7. The number of esters is 2. The van der Waals surface area contributed by atoms with Gasteiger partial charge in [0.15, 0.2) is 6.10 Å². The number of phosphoric acid groups is 1. The molecule has 0 bridgehead atoms. The number of rotatable bonds is 47. The summed E-state index contributed by atoms with van der Waals surface area (Å²) in [5.74, 6) is -0.922. The number of ether oxygens (including phenoxy) is 2. The van der Waals surface area contributed by atoms with Crippen molar-refractivity contribution < 1.29 is 47.8 Å². The summed E-state index contributed by atoms with van der Waals surface area (Å²) in [5, 5.41) is 18.4. The van der Waals surface area contributed by atoms with Crippen molar-refractivity contribution in [3.8, 4) is 0 Å². The molecule has 0 aromatic carbocycles. The normalized spacial score (nSPS) is 13.9. The summed E-state index contributed by atoms with van der Waals surface area (Å²) in [6, 6.07) is 0. The van der Waals surface area contributed by atoms with Gasteiger partial charge in [-0.15, -0.1) is 0 Å². The first-order valence-corrected chi connectivity index (χ1v) is 26.3. The Morgan fingerprint density at radius 1 is 0.483 bits per heavy atom. The second-order valence-electron chi connectivity index (χ2n) is 16.8. The lowest BCUT2D eigenvalue weighted by atomic mass is 10.1. The summed E-state index contributed by atoms with van der Waals surface area (Å²) in [5.41, 5.74) is 0. The van der Waals surface area contributed by atoms with Gasteiger partial charge in [0.25, 0.3) is 0 Å². The van der Waals surface area contributed by atoms with Gasteiger partial charge in [-0.1, -0.05) is 186 Å². The van der Waals surface area contributed by atoms with E-state index in [0.29, 0.717) is 12.8 Å². The van der Waals surface area contributed by atoms with Crippen molar-refractivity contribution in [2.75, 3.05) is 26.4 Å². The molecule has 0 rings (SSSR count). The van der Waals surface area contributed by atoms with E-state index in [1.54, 1.807) is 0 Å². The zero-order chi connectivity index (χ0) is 44.0. The number of carbonyl (C=O) groups is 2. The topological polar surface area (TPSA) is 149 Å². The molecule has 3 unspecified atom stereocenters. The minimum atomic E-state index is -4.62. The van der Waals surface area contributed by atoms with Crippen LogP contribution in [0.25, 0.3) is 0 Å². The smallest absolute Gasteiger partial charge is 0.462 e. The largest absolute Gasteiger partial charge is 0.472 e. The van der Waals surface area contributed by atoms with Gasteiger partial charge in [-0.05, 0) is 64.2 Å². The molecule has 0 amide bonds. The second-order valence-corrected chi connectivity index (χ2v) is 18.3. The molecule has 0 saturated heterocycles. The molecule has 3 N–H and O–H groups in total. The Morgan fingerprint density at radius 3 is 1.20 bits per heavy atom. The number of allylic oxidation sites excluding steroid dienone is 4. The Balaban J connectivity index is 4.20. The lowest BCUT2D eigenvalue weighted by molar-refractivity contribution is -0.161. The van der Waals surface area contributed by atoms with Gasteiger partial charge in [-0.2, -0.15) is 0 Å². The van der Waals surface area contributed by atoms with Crippen LogP contribution in [0.3, 0.4) is 0 Å². The van der Waals surface area contributed by atoms with Crippen LogP contribution in [0.15, 0.2) is 24.3 Å². The van der Waals surface area contributed by atoms with Crippen LogP contribution in [-0.2, 0) is 32.7 Å². The molecule has 0 aliphatic carbocycles. The first-order valence-electron chi connectivity index (χ1n) is 24.8. The molecular weight excluding hydrogens is 780 g/mol. The van der Waals surface area contributed by atoms with Gasteiger partial charge in [0.1, 0.15) is 12.7 Å². The monoisotopic (exact) mass is 873 g/mol. The van der Waals surface area contributed by atoms with E-state index >= 15 is 0 Å². The fourth-order valence-electron chi connectivity index (χ4n) is 6.98. The molecular formula is C49H93O10P. The van der Waals surface area contributed by atoms with E-state index in [-0.39, 0.29) is 19.4 Å². The molecule has 0 aromatic rings. The Labute approximate surface area is 368 Å². The van der Waals surface area contributed by atoms with Gasteiger partial charge in [0, 0.05) is 12.8 Å². The molecule has 11 heteroatoms. The Morgan fingerprint density at radius 2 is 0.817 bits per heavy atom. The summed E-state index contributed by atoms with van der Waals surface area (Å²) in [6.07, 6.45) is 47.1. The van der Waals surface area contributed by atoms with Crippen molar-refractivity contribution in [1.29, 1.82) is 0 Å². The van der Waals surface area contributed by atoms with Crippen molar-refractivity contribution in [2.45, 2.75) is 251 Å². The van der Waals surface area contributed by atoms with E-state index in [9.17, 15) is 24.2 Å². The number of hydrogen-bond acceptors (Lipinski definition) is 9. The first kappa shape index (κ1) is 58.5. The van der Waals surface area contributed by atoms with E-state index in [0.717, 1.165) is 44.9 Å². The minimum Gasteiger partial charge on any atom is -0.462 e. The highest BCUT2D eigenvalue weighted by molar-refractivity contribution is 7.47. The third-order valence-electron chi connectivity index (χ3n) is 10.8. The lowest BCUT2D eigenvalue weighted by Gasteiger charge is -2.20.